The highest BCUT2D eigenvalue weighted by Crippen LogP contribution is 2.22. The Labute approximate surface area is 174 Å². The van der Waals surface area contributed by atoms with E-state index in [-0.39, 0.29) is 29.5 Å². The van der Waals surface area contributed by atoms with E-state index in [0.717, 1.165) is 22.4 Å². The molecule has 3 N–H and O–H groups in total. The molecule has 30 heavy (non-hydrogen) atoms. The van der Waals surface area contributed by atoms with Gasteiger partial charge in [0.05, 0.1) is 17.8 Å². The fourth-order valence-electron chi connectivity index (χ4n) is 3.19. The molecule has 0 bridgehead atoms. The third kappa shape index (κ3) is 5.00. The van der Waals surface area contributed by atoms with E-state index in [1.54, 1.807) is 30.3 Å². The second kappa shape index (κ2) is 9.17. The molecule has 3 aromatic rings. The molecule has 0 saturated heterocycles. The third-order valence-electron chi connectivity index (χ3n) is 4.53. The van der Waals surface area contributed by atoms with E-state index in [4.69, 9.17) is 0 Å². The summed E-state index contributed by atoms with van der Waals surface area (Å²) in [7, 11) is 0. The molecule has 154 valence electrons. The number of amides is 2. The first-order valence-electron chi connectivity index (χ1n) is 9.47. The molecule has 0 saturated carbocycles. The highest BCUT2D eigenvalue weighted by molar-refractivity contribution is 6.02. The molecular formula is C23H23FN4O2. The van der Waals surface area contributed by atoms with Crippen molar-refractivity contribution in [3.05, 3.63) is 82.8 Å². The van der Waals surface area contributed by atoms with Crippen molar-refractivity contribution < 1.29 is 14.0 Å². The lowest BCUT2D eigenvalue weighted by Crippen LogP contribution is -2.33. The van der Waals surface area contributed by atoms with Crippen molar-refractivity contribution in [3.63, 3.8) is 0 Å². The van der Waals surface area contributed by atoms with Crippen molar-refractivity contribution >= 4 is 29.0 Å². The Kier molecular flexibility index (Phi) is 6.41. The van der Waals surface area contributed by atoms with Crippen LogP contribution in [-0.4, -0.2) is 23.3 Å². The number of nitrogens with one attached hydrogen (secondary N) is 3. The summed E-state index contributed by atoms with van der Waals surface area (Å²) in [6.45, 7) is 5.63. The number of hydrogen-bond donors (Lipinski definition) is 3. The predicted molar refractivity (Wildman–Crippen MR) is 116 cm³/mol. The van der Waals surface area contributed by atoms with Crippen LogP contribution in [0.3, 0.4) is 0 Å². The Morgan fingerprint density at radius 3 is 2.40 bits per heavy atom. The Hall–Kier alpha value is -3.74. The van der Waals surface area contributed by atoms with Crippen molar-refractivity contribution in [2.45, 2.75) is 20.8 Å². The number of nitrogens with zero attached hydrogens (tertiary/aromatic N) is 1. The number of aryl methyl sites for hydroxylation is 3. The van der Waals surface area contributed by atoms with Gasteiger partial charge in [-0.3, -0.25) is 9.59 Å². The Morgan fingerprint density at radius 2 is 1.70 bits per heavy atom. The standard InChI is InChI=1S/C23H23FN4O2/c1-14-11-15(2)21(16(3)12-14)28-20(29)13-26-23(30)17-7-6-10-25-22(17)27-19-9-5-4-8-18(19)24/h4-12H,13H2,1-3H3,(H,25,27)(H,26,30)(H,28,29). The molecule has 0 aliphatic rings. The molecule has 2 amide bonds. The lowest BCUT2D eigenvalue weighted by atomic mass is 10.1. The van der Waals surface area contributed by atoms with E-state index in [1.807, 2.05) is 32.9 Å². The summed E-state index contributed by atoms with van der Waals surface area (Å²) >= 11 is 0. The molecule has 1 heterocycles. The van der Waals surface area contributed by atoms with E-state index >= 15 is 0 Å². The minimum atomic E-state index is -0.491. The van der Waals surface area contributed by atoms with Crippen LogP contribution in [0.1, 0.15) is 27.0 Å². The fourth-order valence-corrected chi connectivity index (χ4v) is 3.19. The Morgan fingerprint density at radius 1 is 1.00 bits per heavy atom. The van der Waals surface area contributed by atoms with Crippen LogP contribution in [0.15, 0.2) is 54.7 Å². The molecule has 7 heteroatoms. The predicted octanol–water partition coefficient (Wildman–Crippen LogP) is 4.26. The number of carbonyl (C=O) groups excluding carboxylic acids is 2. The lowest BCUT2D eigenvalue weighted by molar-refractivity contribution is -0.115. The number of hydrogen-bond acceptors (Lipinski definition) is 4. The first-order valence-corrected chi connectivity index (χ1v) is 9.47. The van der Waals surface area contributed by atoms with Crippen molar-refractivity contribution in [2.75, 3.05) is 17.2 Å². The summed E-state index contributed by atoms with van der Waals surface area (Å²) in [6.07, 6.45) is 1.50. The molecule has 1 aromatic heterocycles. The number of aromatic nitrogens is 1. The maximum atomic E-state index is 13.9. The first kappa shape index (κ1) is 21.0. The zero-order chi connectivity index (χ0) is 21.7. The van der Waals surface area contributed by atoms with Crippen LogP contribution in [0.5, 0.6) is 0 Å². The second-order valence-electron chi connectivity index (χ2n) is 7.01. The summed E-state index contributed by atoms with van der Waals surface area (Å²) in [5.41, 5.74) is 4.17. The van der Waals surface area contributed by atoms with Gasteiger partial charge in [-0.1, -0.05) is 29.8 Å². The maximum Gasteiger partial charge on any atom is 0.255 e. The van der Waals surface area contributed by atoms with Crippen LogP contribution in [0.2, 0.25) is 0 Å². The summed E-state index contributed by atoms with van der Waals surface area (Å²) < 4.78 is 13.9. The van der Waals surface area contributed by atoms with Gasteiger partial charge in [0, 0.05) is 11.9 Å². The number of para-hydroxylation sites is 1. The maximum absolute atomic E-state index is 13.9. The molecule has 2 aromatic carbocycles. The molecule has 0 spiro atoms. The molecule has 3 rings (SSSR count). The minimum Gasteiger partial charge on any atom is -0.343 e. The quantitative estimate of drug-likeness (QED) is 0.571. The van der Waals surface area contributed by atoms with Gasteiger partial charge in [-0.25, -0.2) is 9.37 Å². The smallest absolute Gasteiger partial charge is 0.255 e. The van der Waals surface area contributed by atoms with Crippen LogP contribution in [0, 0.1) is 26.6 Å². The van der Waals surface area contributed by atoms with Gasteiger partial charge in [-0.15, -0.1) is 0 Å². The highest BCUT2D eigenvalue weighted by Gasteiger charge is 2.15. The highest BCUT2D eigenvalue weighted by atomic mass is 19.1. The van der Waals surface area contributed by atoms with Crippen molar-refractivity contribution in [1.29, 1.82) is 0 Å². The summed E-state index contributed by atoms with van der Waals surface area (Å²) in [5.74, 6) is -1.09. The van der Waals surface area contributed by atoms with E-state index in [1.165, 1.54) is 12.3 Å². The minimum absolute atomic E-state index is 0.200. The second-order valence-corrected chi connectivity index (χ2v) is 7.01. The summed E-state index contributed by atoms with van der Waals surface area (Å²) in [6, 6.07) is 13.2. The molecule has 0 atom stereocenters. The van der Waals surface area contributed by atoms with Gasteiger partial charge in [0.25, 0.3) is 5.91 Å². The van der Waals surface area contributed by atoms with Crippen LogP contribution in [-0.2, 0) is 4.79 Å². The van der Waals surface area contributed by atoms with Crippen molar-refractivity contribution in [3.8, 4) is 0 Å². The van der Waals surface area contributed by atoms with Crippen LogP contribution >= 0.6 is 0 Å². The lowest BCUT2D eigenvalue weighted by Gasteiger charge is -2.14. The normalized spacial score (nSPS) is 10.4. The van der Waals surface area contributed by atoms with Crippen LogP contribution < -0.4 is 16.0 Å². The number of carbonyl (C=O) groups is 2. The van der Waals surface area contributed by atoms with E-state index < -0.39 is 11.7 Å². The number of benzene rings is 2. The van der Waals surface area contributed by atoms with Crippen molar-refractivity contribution in [2.24, 2.45) is 0 Å². The zero-order valence-corrected chi connectivity index (χ0v) is 17.0. The number of rotatable bonds is 6. The number of pyridine rings is 1. The van der Waals surface area contributed by atoms with Gasteiger partial charge in [0.2, 0.25) is 5.91 Å². The van der Waals surface area contributed by atoms with E-state index in [2.05, 4.69) is 20.9 Å². The average molecular weight is 406 g/mol. The molecule has 0 fully saturated rings. The van der Waals surface area contributed by atoms with E-state index in [0.29, 0.717) is 0 Å². The van der Waals surface area contributed by atoms with Gasteiger partial charge in [0.15, 0.2) is 0 Å². The van der Waals surface area contributed by atoms with Gasteiger partial charge >= 0.3 is 0 Å². The molecule has 0 aliphatic heterocycles. The van der Waals surface area contributed by atoms with Gasteiger partial charge in [-0.05, 0) is 56.2 Å². The average Bonchev–Trinajstić information content (AvgIpc) is 2.71. The van der Waals surface area contributed by atoms with Crippen LogP contribution in [0.25, 0.3) is 0 Å². The monoisotopic (exact) mass is 406 g/mol. The van der Waals surface area contributed by atoms with Gasteiger partial charge in [0.1, 0.15) is 11.6 Å². The van der Waals surface area contributed by atoms with Crippen LogP contribution in [0.4, 0.5) is 21.6 Å². The summed E-state index contributed by atoms with van der Waals surface area (Å²) in [5, 5.41) is 8.25. The fraction of sp³-hybridized carbons (Fsp3) is 0.174. The Balaban J connectivity index is 1.67. The molecular weight excluding hydrogens is 383 g/mol. The van der Waals surface area contributed by atoms with Gasteiger partial charge < -0.3 is 16.0 Å². The van der Waals surface area contributed by atoms with E-state index in [9.17, 15) is 14.0 Å². The molecule has 0 unspecified atom stereocenters. The van der Waals surface area contributed by atoms with Crippen molar-refractivity contribution in [1.82, 2.24) is 10.3 Å². The SMILES string of the molecule is Cc1cc(C)c(NC(=O)CNC(=O)c2cccnc2Nc2ccccc2F)c(C)c1. The Bertz CT molecular complexity index is 1080. The molecule has 0 aliphatic carbocycles. The first-order chi connectivity index (χ1) is 14.3. The summed E-state index contributed by atoms with van der Waals surface area (Å²) in [4.78, 5) is 29.1. The molecule has 6 nitrogen and oxygen atoms in total. The molecule has 0 radical (unpaired) electrons. The largest absolute Gasteiger partial charge is 0.343 e. The number of anilines is 3. The topological polar surface area (TPSA) is 83.1 Å². The number of halogens is 1. The third-order valence-corrected chi connectivity index (χ3v) is 4.53. The zero-order valence-electron chi connectivity index (χ0n) is 17.0. The van der Waals surface area contributed by atoms with Gasteiger partial charge in [-0.2, -0.15) is 0 Å².